The first kappa shape index (κ1) is 23.3. The first-order valence-electron chi connectivity index (χ1n) is 11.6. The van der Waals surface area contributed by atoms with Crippen LogP contribution in [0.5, 0.6) is 0 Å². The van der Waals surface area contributed by atoms with Crippen LogP contribution in [0.2, 0.25) is 0 Å². The molecule has 1 N–H and O–H groups in total. The van der Waals surface area contributed by atoms with E-state index in [1.165, 1.54) is 0 Å². The number of aromatic carboxylic acids is 1. The van der Waals surface area contributed by atoms with Crippen molar-refractivity contribution in [2.45, 2.75) is 27.7 Å². The number of benzene rings is 3. The lowest BCUT2D eigenvalue weighted by atomic mass is 9.89. The van der Waals surface area contributed by atoms with Gasteiger partial charge in [0.25, 0.3) is 0 Å². The van der Waals surface area contributed by atoms with Crippen LogP contribution in [0.15, 0.2) is 70.6 Å². The molecule has 5 heteroatoms. The van der Waals surface area contributed by atoms with Gasteiger partial charge < -0.3 is 14.4 Å². The maximum atomic E-state index is 12.1. The number of hydrogen-bond donors (Lipinski definition) is 1. The van der Waals surface area contributed by atoms with Gasteiger partial charge in [0.1, 0.15) is 11.3 Å². The van der Waals surface area contributed by atoms with E-state index in [2.05, 4.69) is 48.5 Å². The van der Waals surface area contributed by atoms with Crippen molar-refractivity contribution >= 4 is 22.6 Å². The summed E-state index contributed by atoms with van der Waals surface area (Å²) in [4.78, 5) is 19.0. The summed E-state index contributed by atoms with van der Waals surface area (Å²) in [5.41, 5.74) is 6.56. The lowest BCUT2D eigenvalue weighted by Crippen LogP contribution is -2.23. The average molecular weight is 455 g/mol. The van der Waals surface area contributed by atoms with Crippen LogP contribution in [0.1, 0.15) is 35.3 Å². The van der Waals surface area contributed by atoms with E-state index in [0.29, 0.717) is 23.5 Å². The summed E-state index contributed by atoms with van der Waals surface area (Å²) in [5.74, 6) is -0.273. The molecule has 34 heavy (non-hydrogen) atoms. The highest BCUT2D eigenvalue weighted by atomic mass is 16.4. The number of anilines is 1. The summed E-state index contributed by atoms with van der Waals surface area (Å²) in [7, 11) is 0. The number of carboxylic acids is 1. The largest absolute Gasteiger partial charge is 0.478 e. The SMILES string of the molecule is C=CCN(CC)c1cc2oc3cc(=NCC)c(C)cc-3c(-c3ccccc3C(=O)O)c2cc1C. The van der Waals surface area contributed by atoms with Gasteiger partial charge >= 0.3 is 5.97 Å². The first-order chi connectivity index (χ1) is 16.4. The van der Waals surface area contributed by atoms with E-state index in [4.69, 9.17) is 4.42 Å². The molecule has 1 aliphatic heterocycles. The lowest BCUT2D eigenvalue weighted by Gasteiger charge is -2.25. The molecule has 2 aromatic carbocycles. The van der Waals surface area contributed by atoms with E-state index in [-0.39, 0.29) is 5.56 Å². The number of carbonyl (C=O) groups is 1. The first-order valence-corrected chi connectivity index (χ1v) is 11.6. The molecule has 0 fully saturated rings. The second-order valence-electron chi connectivity index (χ2n) is 8.40. The molecule has 0 spiro atoms. The molecule has 1 aliphatic carbocycles. The van der Waals surface area contributed by atoms with Crippen molar-refractivity contribution in [1.29, 1.82) is 0 Å². The van der Waals surface area contributed by atoms with Crippen LogP contribution in [0.3, 0.4) is 0 Å². The Kier molecular flexibility index (Phi) is 6.55. The van der Waals surface area contributed by atoms with Crippen molar-refractivity contribution in [3.05, 3.63) is 83.2 Å². The van der Waals surface area contributed by atoms with E-state index in [1.807, 2.05) is 38.1 Å². The Labute approximate surface area is 200 Å². The molecule has 1 heterocycles. The minimum atomic E-state index is -0.955. The quantitative estimate of drug-likeness (QED) is 0.257. The molecule has 0 bridgehead atoms. The highest BCUT2D eigenvalue weighted by Crippen LogP contribution is 2.43. The van der Waals surface area contributed by atoms with Gasteiger partial charge in [-0.15, -0.1) is 6.58 Å². The van der Waals surface area contributed by atoms with Crippen LogP contribution < -0.4 is 10.3 Å². The molecule has 5 nitrogen and oxygen atoms in total. The maximum absolute atomic E-state index is 12.1. The average Bonchev–Trinajstić information content (AvgIpc) is 2.82. The number of carboxylic acid groups (broad SMARTS) is 1. The third-order valence-corrected chi connectivity index (χ3v) is 6.18. The molecule has 0 unspecified atom stereocenters. The highest BCUT2D eigenvalue weighted by Gasteiger charge is 2.23. The summed E-state index contributed by atoms with van der Waals surface area (Å²) in [6.07, 6.45) is 1.89. The number of rotatable bonds is 7. The third-order valence-electron chi connectivity index (χ3n) is 6.18. The molecular formula is C29H30N2O3. The summed E-state index contributed by atoms with van der Waals surface area (Å²) >= 11 is 0. The molecule has 0 amide bonds. The molecule has 2 aromatic rings. The Hall–Kier alpha value is -3.86. The zero-order valence-electron chi connectivity index (χ0n) is 20.2. The van der Waals surface area contributed by atoms with Crippen molar-refractivity contribution in [1.82, 2.24) is 0 Å². The second kappa shape index (κ2) is 9.56. The number of hydrogen-bond acceptors (Lipinski definition) is 4. The number of nitrogens with zero attached hydrogens (tertiary/aromatic N) is 2. The lowest BCUT2D eigenvalue weighted by molar-refractivity contribution is 0.0697. The van der Waals surface area contributed by atoms with Crippen molar-refractivity contribution in [2.24, 2.45) is 4.99 Å². The molecule has 2 aliphatic rings. The topological polar surface area (TPSA) is 66.0 Å². The van der Waals surface area contributed by atoms with Gasteiger partial charge in [0.05, 0.1) is 10.9 Å². The Bertz CT molecular complexity index is 1430. The van der Waals surface area contributed by atoms with Crippen LogP contribution in [0, 0.1) is 13.8 Å². The molecular weight excluding hydrogens is 424 g/mol. The Morgan fingerprint density at radius 1 is 1.09 bits per heavy atom. The fraction of sp³-hybridized carbons (Fsp3) is 0.241. The fourth-order valence-electron chi connectivity index (χ4n) is 4.59. The molecule has 0 atom stereocenters. The minimum absolute atomic E-state index is 0.264. The molecule has 0 aromatic heterocycles. The Morgan fingerprint density at radius 2 is 1.85 bits per heavy atom. The van der Waals surface area contributed by atoms with Crippen LogP contribution in [-0.4, -0.2) is 30.7 Å². The molecule has 174 valence electrons. The normalized spacial score (nSPS) is 11.8. The van der Waals surface area contributed by atoms with E-state index < -0.39 is 5.97 Å². The van der Waals surface area contributed by atoms with Crippen LogP contribution in [-0.2, 0) is 0 Å². The summed E-state index contributed by atoms with van der Waals surface area (Å²) < 4.78 is 6.46. The highest BCUT2D eigenvalue weighted by molar-refractivity contribution is 6.08. The number of likely N-dealkylation sites (N-methyl/N-ethyl adjacent to an activating group) is 1. The predicted octanol–water partition coefficient (Wildman–Crippen LogP) is 6.45. The Balaban J connectivity index is 2.17. The number of aryl methyl sites for hydroxylation is 2. The van der Waals surface area contributed by atoms with Crippen LogP contribution >= 0.6 is 0 Å². The maximum Gasteiger partial charge on any atom is 0.336 e. The van der Waals surface area contributed by atoms with Crippen molar-refractivity contribution in [3.8, 4) is 22.5 Å². The van der Waals surface area contributed by atoms with E-state index in [1.54, 1.807) is 12.1 Å². The van der Waals surface area contributed by atoms with Crippen molar-refractivity contribution in [2.75, 3.05) is 24.5 Å². The van der Waals surface area contributed by atoms with E-state index in [9.17, 15) is 9.90 Å². The van der Waals surface area contributed by atoms with Gasteiger partial charge in [-0.25, -0.2) is 4.79 Å². The molecule has 0 saturated heterocycles. The van der Waals surface area contributed by atoms with Gasteiger partial charge in [0, 0.05) is 54.0 Å². The van der Waals surface area contributed by atoms with E-state index in [0.717, 1.165) is 51.8 Å². The fourth-order valence-corrected chi connectivity index (χ4v) is 4.59. The zero-order chi connectivity index (χ0) is 24.4. The Morgan fingerprint density at radius 3 is 2.53 bits per heavy atom. The van der Waals surface area contributed by atoms with Gasteiger partial charge in [-0.1, -0.05) is 24.3 Å². The van der Waals surface area contributed by atoms with Crippen LogP contribution in [0.4, 0.5) is 5.69 Å². The third kappa shape index (κ3) is 4.10. The van der Waals surface area contributed by atoms with Gasteiger partial charge in [0.2, 0.25) is 0 Å². The van der Waals surface area contributed by atoms with Crippen molar-refractivity contribution in [3.63, 3.8) is 0 Å². The van der Waals surface area contributed by atoms with Crippen molar-refractivity contribution < 1.29 is 14.3 Å². The van der Waals surface area contributed by atoms with E-state index >= 15 is 0 Å². The zero-order valence-corrected chi connectivity index (χ0v) is 20.2. The summed E-state index contributed by atoms with van der Waals surface area (Å²) in [5, 5.41) is 11.7. The summed E-state index contributed by atoms with van der Waals surface area (Å²) in [6.45, 7) is 14.3. The monoisotopic (exact) mass is 454 g/mol. The van der Waals surface area contributed by atoms with Crippen LogP contribution in [0.25, 0.3) is 33.4 Å². The standard InChI is InChI=1S/C29H30N2O3/c1-6-13-31(8-3)25-17-27-23(15-19(25)5)28(20-11-9-10-12-21(20)29(32)33)22-14-18(4)24(30-7-2)16-26(22)34-27/h6,9-12,14-17H,1,7-8,13H2,2-5H3,(H,32,33). The second-order valence-corrected chi connectivity index (χ2v) is 8.40. The van der Waals surface area contributed by atoms with Gasteiger partial charge in [-0.2, -0.15) is 0 Å². The van der Waals surface area contributed by atoms with Gasteiger partial charge in [-0.3, -0.25) is 4.99 Å². The summed E-state index contributed by atoms with van der Waals surface area (Å²) in [6, 6.07) is 15.3. The molecule has 4 rings (SSSR count). The smallest absolute Gasteiger partial charge is 0.336 e. The minimum Gasteiger partial charge on any atom is -0.478 e. The molecule has 0 saturated carbocycles. The number of fused-ring (bicyclic) bond motifs is 2. The molecule has 0 radical (unpaired) electrons. The predicted molar refractivity (Wildman–Crippen MR) is 139 cm³/mol. The van der Waals surface area contributed by atoms with Gasteiger partial charge in [-0.05, 0) is 62.6 Å². The van der Waals surface area contributed by atoms with Gasteiger partial charge in [0.15, 0.2) is 0 Å².